The molecule has 2 N–H and O–H groups in total. The van der Waals surface area contributed by atoms with Crippen LogP contribution in [0.3, 0.4) is 0 Å². The summed E-state index contributed by atoms with van der Waals surface area (Å²) in [4.78, 5) is 11.8. The van der Waals surface area contributed by atoms with Crippen LogP contribution in [0.4, 0.5) is 0 Å². The van der Waals surface area contributed by atoms with Gasteiger partial charge in [0.15, 0.2) is 0 Å². The fraction of sp³-hybridized carbons (Fsp3) is 0.909. The zero-order valence-electron chi connectivity index (χ0n) is 9.29. The molecule has 2 fully saturated rings. The van der Waals surface area contributed by atoms with Crippen LogP contribution < -0.4 is 10.6 Å². The quantitative estimate of drug-likeness (QED) is 0.749. The number of carbonyl (C=O) groups is 1. The molecule has 0 aliphatic carbocycles. The van der Waals surface area contributed by atoms with Crippen LogP contribution >= 0.6 is 11.8 Å². The van der Waals surface area contributed by atoms with Gasteiger partial charge in [-0.2, -0.15) is 11.8 Å². The maximum atomic E-state index is 11.8. The molecular formula is C11H20N2OS. The van der Waals surface area contributed by atoms with Crippen LogP contribution in [0, 0.1) is 11.8 Å². The van der Waals surface area contributed by atoms with E-state index in [1.165, 1.54) is 18.6 Å². The molecule has 2 rings (SSSR count). The zero-order valence-corrected chi connectivity index (χ0v) is 10.1. The second-order valence-electron chi connectivity index (χ2n) is 4.59. The second kappa shape index (κ2) is 5.21. The minimum absolute atomic E-state index is 0.178. The Hall–Kier alpha value is -0.220. The number of hydrogen-bond donors (Lipinski definition) is 2. The van der Waals surface area contributed by atoms with E-state index in [-0.39, 0.29) is 11.8 Å². The minimum Gasteiger partial charge on any atom is -0.355 e. The van der Waals surface area contributed by atoms with Gasteiger partial charge in [-0.1, -0.05) is 6.92 Å². The molecule has 0 spiro atoms. The largest absolute Gasteiger partial charge is 0.355 e. The Labute approximate surface area is 95.8 Å². The van der Waals surface area contributed by atoms with Crippen LogP contribution in [0.15, 0.2) is 0 Å². The smallest absolute Gasteiger partial charge is 0.223 e. The van der Waals surface area contributed by atoms with Crippen LogP contribution in [0.25, 0.3) is 0 Å². The molecule has 15 heavy (non-hydrogen) atoms. The van der Waals surface area contributed by atoms with Crippen LogP contribution in [0.5, 0.6) is 0 Å². The Morgan fingerprint density at radius 1 is 1.60 bits per heavy atom. The van der Waals surface area contributed by atoms with E-state index in [4.69, 9.17) is 0 Å². The summed E-state index contributed by atoms with van der Waals surface area (Å²) < 4.78 is 0. The molecule has 0 saturated carbocycles. The first-order valence-electron chi connectivity index (χ1n) is 5.87. The lowest BCUT2D eigenvalue weighted by molar-refractivity contribution is -0.126. The standard InChI is InChI=1S/C11H20N2OS/c1-8(9-5-12-6-9)11(14)13-7-10-3-2-4-15-10/h8-10,12H,2-7H2,1H3,(H,13,14). The van der Waals surface area contributed by atoms with Crippen LogP contribution in [-0.4, -0.2) is 36.5 Å². The first kappa shape index (κ1) is 11.3. The SMILES string of the molecule is CC(C(=O)NCC1CCCS1)C1CNC1. The molecule has 86 valence electrons. The lowest BCUT2D eigenvalue weighted by Crippen LogP contribution is -2.50. The van der Waals surface area contributed by atoms with Gasteiger partial charge in [0.1, 0.15) is 0 Å². The predicted octanol–water partition coefficient (Wildman–Crippen LogP) is 0.854. The summed E-state index contributed by atoms with van der Waals surface area (Å²) in [6.07, 6.45) is 2.58. The molecule has 0 aromatic carbocycles. The van der Waals surface area contributed by atoms with Crippen LogP contribution in [-0.2, 0) is 4.79 Å². The van der Waals surface area contributed by atoms with E-state index in [0.717, 1.165) is 19.6 Å². The molecule has 2 aliphatic rings. The van der Waals surface area contributed by atoms with E-state index in [9.17, 15) is 4.79 Å². The van der Waals surface area contributed by atoms with Crippen molar-refractivity contribution in [3.8, 4) is 0 Å². The van der Waals surface area contributed by atoms with Crippen LogP contribution in [0.1, 0.15) is 19.8 Å². The number of thioether (sulfide) groups is 1. The van der Waals surface area contributed by atoms with Gasteiger partial charge in [-0.05, 0) is 37.6 Å². The van der Waals surface area contributed by atoms with E-state index < -0.39 is 0 Å². The van der Waals surface area contributed by atoms with Crippen molar-refractivity contribution in [2.24, 2.45) is 11.8 Å². The summed E-state index contributed by atoms with van der Waals surface area (Å²) in [5, 5.41) is 6.96. The van der Waals surface area contributed by atoms with Gasteiger partial charge in [-0.25, -0.2) is 0 Å². The fourth-order valence-corrected chi connectivity index (χ4v) is 3.26. The highest BCUT2D eigenvalue weighted by molar-refractivity contribution is 8.00. The van der Waals surface area contributed by atoms with Crippen molar-refractivity contribution in [3.05, 3.63) is 0 Å². The molecule has 2 saturated heterocycles. The first-order valence-corrected chi connectivity index (χ1v) is 6.92. The van der Waals surface area contributed by atoms with Gasteiger partial charge >= 0.3 is 0 Å². The molecular weight excluding hydrogens is 208 g/mol. The minimum atomic E-state index is 0.178. The van der Waals surface area contributed by atoms with Crippen molar-refractivity contribution in [1.29, 1.82) is 0 Å². The third-order valence-electron chi connectivity index (χ3n) is 3.46. The highest BCUT2D eigenvalue weighted by atomic mass is 32.2. The van der Waals surface area contributed by atoms with Gasteiger partial charge in [0, 0.05) is 17.7 Å². The summed E-state index contributed by atoms with van der Waals surface area (Å²) in [5.74, 6) is 2.25. The van der Waals surface area contributed by atoms with Gasteiger partial charge in [0.05, 0.1) is 0 Å². The van der Waals surface area contributed by atoms with E-state index in [1.54, 1.807) is 0 Å². The molecule has 2 heterocycles. The van der Waals surface area contributed by atoms with Gasteiger partial charge in [-0.3, -0.25) is 4.79 Å². The molecule has 0 aromatic heterocycles. The summed E-state index contributed by atoms with van der Waals surface area (Å²) in [6, 6.07) is 0. The van der Waals surface area contributed by atoms with Gasteiger partial charge in [0.2, 0.25) is 5.91 Å². The molecule has 0 bridgehead atoms. The Bertz CT molecular complexity index is 225. The van der Waals surface area contributed by atoms with Crippen LogP contribution in [0.2, 0.25) is 0 Å². The second-order valence-corrected chi connectivity index (χ2v) is 6.00. The Morgan fingerprint density at radius 3 is 2.93 bits per heavy atom. The van der Waals surface area contributed by atoms with E-state index in [1.807, 2.05) is 18.7 Å². The van der Waals surface area contributed by atoms with Crippen molar-refractivity contribution in [3.63, 3.8) is 0 Å². The Balaban J connectivity index is 1.66. The molecule has 1 amide bonds. The number of carbonyl (C=O) groups excluding carboxylic acids is 1. The summed E-state index contributed by atoms with van der Waals surface area (Å²) >= 11 is 2.00. The van der Waals surface area contributed by atoms with Gasteiger partial charge in [0.25, 0.3) is 0 Å². The lowest BCUT2D eigenvalue weighted by atomic mass is 9.88. The molecule has 4 heteroatoms. The predicted molar refractivity (Wildman–Crippen MR) is 64.0 cm³/mol. The third kappa shape index (κ3) is 2.88. The molecule has 2 aliphatic heterocycles. The molecule has 2 unspecified atom stereocenters. The first-order chi connectivity index (χ1) is 7.27. The summed E-state index contributed by atoms with van der Waals surface area (Å²) in [6.45, 7) is 4.93. The van der Waals surface area contributed by atoms with E-state index in [0.29, 0.717) is 11.2 Å². The zero-order chi connectivity index (χ0) is 10.7. The average molecular weight is 228 g/mol. The van der Waals surface area contributed by atoms with Crippen molar-refractivity contribution >= 4 is 17.7 Å². The molecule has 3 nitrogen and oxygen atoms in total. The number of rotatable bonds is 4. The molecule has 2 atom stereocenters. The third-order valence-corrected chi connectivity index (χ3v) is 4.86. The number of amides is 1. The molecule has 0 aromatic rings. The highest BCUT2D eigenvalue weighted by Gasteiger charge is 2.29. The topological polar surface area (TPSA) is 41.1 Å². The van der Waals surface area contributed by atoms with E-state index in [2.05, 4.69) is 10.6 Å². The summed E-state index contributed by atoms with van der Waals surface area (Å²) in [7, 11) is 0. The average Bonchev–Trinajstić information content (AvgIpc) is 2.63. The summed E-state index contributed by atoms with van der Waals surface area (Å²) in [5.41, 5.74) is 0. The monoisotopic (exact) mass is 228 g/mol. The maximum Gasteiger partial charge on any atom is 0.223 e. The Morgan fingerprint density at radius 2 is 2.40 bits per heavy atom. The van der Waals surface area contributed by atoms with E-state index >= 15 is 0 Å². The lowest BCUT2D eigenvalue weighted by Gasteiger charge is -2.31. The number of hydrogen-bond acceptors (Lipinski definition) is 3. The highest BCUT2D eigenvalue weighted by Crippen LogP contribution is 2.25. The van der Waals surface area contributed by atoms with Gasteiger partial charge in [-0.15, -0.1) is 0 Å². The van der Waals surface area contributed by atoms with Crippen molar-refractivity contribution < 1.29 is 4.79 Å². The number of nitrogens with one attached hydrogen (secondary N) is 2. The fourth-order valence-electron chi connectivity index (χ4n) is 2.06. The maximum absolute atomic E-state index is 11.8. The Kier molecular flexibility index (Phi) is 3.92. The molecule has 0 radical (unpaired) electrons. The van der Waals surface area contributed by atoms with Crippen molar-refractivity contribution in [2.75, 3.05) is 25.4 Å². The van der Waals surface area contributed by atoms with Gasteiger partial charge < -0.3 is 10.6 Å². The normalized spacial score (nSPS) is 28.5. The van der Waals surface area contributed by atoms with Crippen molar-refractivity contribution in [1.82, 2.24) is 10.6 Å². The van der Waals surface area contributed by atoms with Crippen molar-refractivity contribution in [2.45, 2.75) is 25.0 Å².